The second-order valence-corrected chi connectivity index (χ2v) is 5.75. The van der Waals surface area contributed by atoms with Crippen LogP contribution in [0.5, 0.6) is 0 Å². The normalized spacial score (nSPS) is 10.7. The number of amides is 1. The molecule has 2 rings (SSSR count). The Hall–Kier alpha value is -1.52. The Bertz CT molecular complexity index is 640. The van der Waals surface area contributed by atoms with Crippen molar-refractivity contribution in [2.45, 2.75) is 26.3 Å². The molecular weight excluding hydrogens is 309 g/mol. The molecule has 0 saturated carbocycles. The monoisotopic (exact) mass is 325 g/mol. The van der Waals surface area contributed by atoms with E-state index in [4.69, 9.17) is 23.2 Å². The molecule has 1 amide bonds. The van der Waals surface area contributed by atoms with Crippen molar-refractivity contribution in [1.82, 2.24) is 15.1 Å². The fraction of sp³-hybridized carbons (Fsp3) is 0.333. The van der Waals surface area contributed by atoms with E-state index in [1.54, 1.807) is 30.1 Å². The maximum Gasteiger partial charge on any atom is 0.274 e. The minimum Gasteiger partial charge on any atom is -0.336 e. The Balaban J connectivity index is 2.05. The van der Waals surface area contributed by atoms with Gasteiger partial charge < -0.3 is 4.90 Å². The maximum atomic E-state index is 12.3. The van der Waals surface area contributed by atoms with Gasteiger partial charge in [-0.15, -0.1) is 0 Å². The Morgan fingerprint density at radius 2 is 2.05 bits per heavy atom. The van der Waals surface area contributed by atoms with E-state index in [0.717, 1.165) is 24.1 Å². The number of H-pyrrole nitrogens is 1. The van der Waals surface area contributed by atoms with E-state index in [1.807, 2.05) is 6.07 Å². The van der Waals surface area contributed by atoms with Gasteiger partial charge in [0.15, 0.2) is 0 Å². The van der Waals surface area contributed by atoms with E-state index in [0.29, 0.717) is 22.3 Å². The zero-order valence-corrected chi connectivity index (χ0v) is 13.5. The molecule has 1 N–H and O–H groups in total. The molecule has 112 valence electrons. The molecule has 2 aromatic rings. The Morgan fingerprint density at radius 3 is 2.71 bits per heavy atom. The number of nitrogens with zero attached hydrogens (tertiary/aromatic N) is 2. The van der Waals surface area contributed by atoms with Crippen LogP contribution in [0.4, 0.5) is 0 Å². The number of rotatable bonds is 5. The number of benzene rings is 1. The Labute approximate surface area is 134 Å². The molecule has 0 saturated heterocycles. The fourth-order valence-corrected chi connectivity index (χ4v) is 2.37. The summed E-state index contributed by atoms with van der Waals surface area (Å²) < 4.78 is 0. The standard InChI is InChI=1S/C15H17Cl2N3O/c1-3-4-11-8-14(19-18-11)15(21)20(2)9-10-5-6-12(16)13(17)7-10/h5-8H,3-4,9H2,1-2H3,(H,18,19). The van der Waals surface area contributed by atoms with Crippen LogP contribution in [-0.4, -0.2) is 28.1 Å². The van der Waals surface area contributed by atoms with Crippen molar-refractivity contribution in [3.8, 4) is 0 Å². The highest BCUT2D eigenvalue weighted by atomic mass is 35.5. The van der Waals surface area contributed by atoms with Crippen molar-refractivity contribution in [3.63, 3.8) is 0 Å². The molecule has 1 heterocycles. The van der Waals surface area contributed by atoms with Gasteiger partial charge in [-0.2, -0.15) is 5.10 Å². The van der Waals surface area contributed by atoms with Crippen LogP contribution in [0.15, 0.2) is 24.3 Å². The Morgan fingerprint density at radius 1 is 1.29 bits per heavy atom. The van der Waals surface area contributed by atoms with Crippen molar-refractivity contribution in [3.05, 3.63) is 51.3 Å². The third kappa shape index (κ3) is 3.99. The minimum atomic E-state index is -0.125. The average Bonchev–Trinajstić information content (AvgIpc) is 2.91. The molecule has 0 radical (unpaired) electrons. The largest absolute Gasteiger partial charge is 0.336 e. The number of aromatic amines is 1. The molecular formula is C15H17Cl2N3O. The summed E-state index contributed by atoms with van der Waals surface area (Å²) in [5.74, 6) is -0.125. The number of hydrogen-bond acceptors (Lipinski definition) is 2. The van der Waals surface area contributed by atoms with Crippen molar-refractivity contribution in [2.24, 2.45) is 0 Å². The summed E-state index contributed by atoms with van der Waals surface area (Å²) in [6.45, 7) is 2.53. The molecule has 21 heavy (non-hydrogen) atoms. The van der Waals surface area contributed by atoms with Gasteiger partial charge in [0.25, 0.3) is 5.91 Å². The number of carbonyl (C=O) groups excluding carboxylic acids is 1. The number of carbonyl (C=O) groups is 1. The molecule has 0 fully saturated rings. The maximum absolute atomic E-state index is 12.3. The van der Waals surface area contributed by atoms with Crippen molar-refractivity contribution < 1.29 is 4.79 Å². The third-order valence-corrected chi connectivity index (χ3v) is 3.86. The molecule has 6 heteroatoms. The molecule has 0 spiro atoms. The van der Waals surface area contributed by atoms with E-state index >= 15 is 0 Å². The molecule has 0 aliphatic rings. The predicted molar refractivity (Wildman–Crippen MR) is 84.8 cm³/mol. The van der Waals surface area contributed by atoms with Gasteiger partial charge in [0.1, 0.15) is 5.69 Å². The van der Waals surface area contributed by atoms with Crippen LogP contribution >= 0.6 is 23.2 Å². The SMILES string of the molecule is CCCc1cc(C(=O)N(C)Cc2ccc(Cl)c(Cl)c2)n[nH]1. The third-order valence-electron chi connectivity index (χ3n) is 3.12. The highest BCUT2D eigenvalue weighted by molar-refractivity contribution is 6.42. The van der Waals surface area contributed by atoms with Crippen LogP contribution in [0.2, 0.25) is 10.0 Å². The van der Waals surface area contributed by atoms with Gasteiger partial charge in [0.2, 0.25) is 0 Å². The second kappa shape index (κ2) is 6.96. The van der Waals surface area contributed by atoms with E-state index in [1.165, 1.54) is 0 Å². The molecule has 0 unspecified atom stereocenters. The lowest BCUT2D eigenvalue weighted by Gasteiger charge is -2.16. The van der Waals surface area contributed by atoms with Gasteiger partial charge in [-0.25, -0.2) is 0 Å². The lowest BCUT2D eigenvalue weighted by molar-refractivity contribution is 0.0779. The van der Waals surface area contributed by atoms with Gasteiger partial charge in [-0.3, -0.25) is 9.89 Å². The highest BCUT2D eigenvalue weighted by Crippen LogP contribution is 2.23. The quantitative estimate of drug-likeness (QED) is 0.905. The van der Waals surface area contributed by atoms with E-state index in [-0.39, 0.29) is 5.91 Å². The summed E-state index contributed by atoms with van der Waals surface area (Å²) in [6, 6.07) is 7.15. The van der Waals surface area contributed by atoms with Crippen LogP contribution in [0.25, 0.3) is 0 Å². The molecule has 0 aliphatic carbocycles. The van der Waals surface area contributed by atoms with Crippen LogP contribution in [0.3, 0.4) is 0 Å². The van der Waals surface area contributed by atoms with E-state index in [2.05, 4.69) is 17.1 Å². The second-order valence-electron chi connectivity index (χ2n) is 4.94. The van der Waals surface area contributed by atoms with Gasteiger partial charge >= 0.3 is 0 Å². The van der Waals surface area contributed by atoms with Crippen LogP contribution in [-0.2, 0) is 13.0 Å². The molecule has 0 atom stereocenters. The fourth-order valence-electron chi connectivity index (χ4n) is 2.05. The molecule has 1 aromatic heterocycles. The zero-order chi connectivity index (χ0) is 15.4. The number of halogens is 2. The zero-order valence-electron chi connectivity index (χ0n) is 12.0. The lowest BCUT2D eigenvalue weighted by Crippen LogP contribution is -2.26. The van der Waals surface area contributed by atoms with E-state index in [9.17, 15) is 4.79 Å². The molecule has 1 aromatic carbocycles. The summed E-state index contributed by atoms with van der Waals surface area (Å²) in [6.07, 6.45) is 1.89. The van der Waals surface area contributed by atoms with Gasteiger partial charge in [-0.1, -0.05) is 42.6 Å². The number of aromatic nitrogens is 2. The first-order valence-corrected chi connectivity index (χ1v) is 7.50. The first-order valence-electron chi connectivity index (χ1n) is 6.75. The van der Waals surface area contributed by atoms with Crippen LogP contribution in [0, 0.1) is 0 Å². The summed E-state index contributed by atoms with van der Waals surface area (Å²) in [4.78, 5) is 13.9. The topological polar surface area (TPSA) is 49.0 Å². The van der Waals surface area contributed by atoms with E-state index < -0.39 is 0 Å². The summed E-state index contributed by atoms with van der Waals surface area (Å²) in [5, 5.41) is 7.94. The highest BCUT2D eigenvalue weighted by Gasteiger charge is 2.15. The van der Waals surface area contributed by atoms with Crippen LogP contribution < -0.4 is 0 Å². The lowest BCUT2D eigenvalue weighted by atomic mass is 10.2. The number of hydrogen-bond donors (Lipinski definition) is 1. The van der Waals surface area contributed by atoms with Gasteiger partial charge in [-0.05, 0) is 30.2 Å². The van der Waals surface area contributed by atoms with Gasteiger partial charge in [0.05, 0.1) is 10.0 Å². The van der Waals surface area contributed by atoms with Crippen molar-refractivity contribution in [2.75, 3.05) is 7.05 Å². The van der Waals surface area contributed by atoms with Gasteiger partial charge in [0, 0.05) is 19.3 Å². The summed E-state index contributed by atoms with van der Waals surface area (Å²) >= 11 is 11.9. The molecule has 0 aliphatic heterocycles. The van der Waals surface area contributed by atoms with Crippen molar-refractivity contribution >= 4 is 29.1 Å². The Kier molecular flexibility index (Phi) is 5.26. The smallest absolute Gasteiger partial charge is 0.274 e. The number of aryl methyl sites for hydroxylation is 1. The molecule has 0 bridgehead atoms. The molecule has 4 nitrogen and oxygen atoms in total. The minimum absolute atomic E-state index is 0.125. The summed E-state index contributed by atoms with van der Waals surface area (Å²) in [5.41, 5.74) is 2.33. The summed E-state index contributed by atoms with van der Waals surface area (Å²) in [7, 11) is 1.74. The first-order chi connectivity index (χ1) is 10.0. The first kappa shape index (κ1) is 15.9. The number of nitrogens with one attached hydrogen (secondary N) is 1. The predicted octanol–water partition coefficient (Wildman–Crippen LogP) is 3.94. The van der Waals surface area contributed by atoms with Crippen molar-refractivity contribution in [1.29, 1.82) is 0 Å². The van der Waals surface area contributed by atoms with Crippen LogP contribution in [0.1, 0.15) is 35.1 Å². The average molecular weight is 326 g/mol.